The third-order valence-corrected chi connectivity index (χ3v) is 22.7. The van der Waals surface area contributed by atoms with Crippen LogP contribution < -0.4 is 9.80 Å². The smallest absolute Gasteiger partial charge is 0.333 e. The summed E-state index contributed by atoms with van der Waals surface area (Å²) in [5.41, 5.74) is 16.3. The minimum Gasteiger partial charge on any atom is -0.481 e. The van der Waals surface area contributed by atoms with Gasteiger partial charge in [0.2, 0.25) is 11.4 Å². The van der Waals surface area contributed by atoms with E-state index in [4.69, 9.17) is 9.94 Å². The maximum Gasteiger partial charge on any atom is 0.333 e. The van der Waals surface area contributed by atoms with Crippen molar-refractivity contribution in [1.29, 1.82) is 0 Å². The zero-order chi connectivity index (χ0) is 75.7. The summed E-state index contributed by atoms with van der Waals surface area (Å²) < 4.78 is 72.7. The Labute approximate surface area is 620 Å². The molecule has 105 heavy (non-hydrogen) atoms. The van der Waals surface area contributed by atoms with Gasteiger partial charge in [-0.25, -0.2) is 4.79 Å². The predicted molar refractivity (Wildman–Crippen MR) is 417 cm³/mol. The van der Waals surface area contributed by atoms with Crippen LogP contribution in [-0.4, -0.2) is 107 Å². The molecule has 4 aromatic carbocycles. The Morgan fingerprint density at radius 3 is 1.32 bits per heavy atom. The number of hydroxylamine groups is 2. The van der Waals surface area contributed by atoms with Gasteiger partial charge >= 0.3 is 11.9 Å². The molecule has 5 aliphatic heterocycles. The Kier molecular flexibility index (Phi) is 24.5. The van der Waals surface area contributed by atoms with Crippen LogP contribution in [0.15, 0.2) is 227 Å². The number of amides is 2. The summed E-state index contributed by atoms with van der Waals surface area (Å²) in [6.45, 7) is 24.6. The van der Waals surface area contributed by atoms with Crippen molar-refractivity contribution < 1.29 is 64.2 Å². The molecule has 552 valence electrons. The number of nitrogens with zero attached hydrogens (tertiary/aromatic N) is 5. The van der Waals surface area contributed by atoms with Crippen LogP contribution in [-0.2, 0) is 65.9 Å². The topological polar surface area (TPSA) is 222 Å². The van der Waals surface area contributed by atoms with Crippen molar-refractivity contribution in [3.63, 3.8) is 0 Å². The summed E-state index contributed by atoms with van der Waals surface area (Å²) in [6.07, 6.45) is 50.3. The number of hydrogen-bond donors (Lipinski definition) is 3. The fraction of sp³-hybridized carbons (Fsp3) is 0.372. The molecule has 2 amide bonds. The second kappa shape index (κ2) is 32.9. The molecular formula is C86H101N5O12S2+2. The van der Waals surface area contributed by atoms with Gasteiger partial charge < -0.3 is 19.7 Å². The number of allylic oxidation sites excluding steroid dienone is 24. The number of fused-ring (bicyclic) bond motifs is 4. The molecule has 3 N–H and O–H groups in total. The molecule has 1 fully saturated rings. The molecular weight excluding hydrogens is 1360 g/mol. The lowest BCUT2D eigenvalue weighted by molar-refractivity contribution is -0.438. The highest BCUT2D eigenvalue weighted by Gasteiger charge is 2.48. The quantitative estimate of drug-likeness (QED) is 0.0219. The van der Waals surface area contributed by atoms with Crippen molar-refractivity contribution in [3.05, 3.63) is 250 Å². The highest BCUT2D eigenvalue weighted by Crippen LogP contribution is 2.51. The number of carbonyl (C=O) groups is 4. The number of rotatable bonds is 27. The average Bonchev–Trinajstić information content (AvgIpc) is 1.59. The summed E-state index contributed by atoms with van der Waals surface area (Å²) in [5.74, 6) is -2.42. The minimum atomic E-state index is -4.42. The van der Waals surface area contributed by atoms with Gasteiger partial charge in [0.25, 0.3) is 32.1 Å². The molecule has 5 heterocycles. The van der Waals surface area contributed by atoms with Crippen LogP contribution in [0, 0.1) is 13.8 Å². The third-order valence-electron chi connectivity index (χ3n) is 21.0. The number of aliphatic carboxylic acids is 1. The fourth-order valence-electron chi connectivity index (χ4n) is 15.3. The van der Waals surface area contributed by atoms with Crippen molar-refractivity contribution in [3.8, 4) is 0 Å². The number of carboxylic acids is 1. The number of unbranched alkanes of at least 4 members (excludes halogenated alkanes) is 4. The maximum atomic E-state index is 12.4. The molecule has 0 aromatic heterocycles. The Bertz CT molecular complexity index is 4770. The maximum absolute atomic E-state index is 12.4. The SMILES string of the molecule is Cc1ccc2c(c1)C(C)(C)C(=CC=CC1=[N+](CCCCCC(=O)O)c3ccc(S(=O)(=O)O)cc3C1(C)C)N2CCCC1=C/C=C\C=C/C=C1.Cc1ccc2c(c1)C(C)(C)C(=CC=CC1=[N+](CCCCCC(=O)ON3C(=O)CCC3=O)c3ccc(S(=O)(=O)O)cc3C1(C)C)N2CCCC1=C/C=C\C=C/C=C1. The van der Waals surface area contributed by atoms with E-state index in [0.717, 1.165) is 85.5 Å². The monoisotopic (exact) mass is 1460 g/mol. The first-order chi connectivity index (χ1) is 49.8. The van der Waals surface area contributed by atoms with Gasteiger partial charge in [-0.1, -0.05) is 160 Å². The minimum absolute atomic E-state index is 0.0479. The number of benzene rings is 4. The Hall–Kier alpha value is -9.40. The lowest BCUT2D eigenvalue weighted by Gasteiger charge is -2.27. The second-order valence-electron chi connectivity index (χ2n) is 30.1. The molecule has 17 nitrogen and oxygen atoms in total. The van der Waals surface area contributed by atoms with Gasteiger partial charge in [-0.15, -0.1) is 5.06 Å². The van der Waals surface area contributed by atoms with E-state index >= 15 is 0 Å². The van der Waals surface area contributed by atoms with Crippen LogP contribution in [0.3, 0.4) is 0 Å². The van der Waals surface area contributed by atoms with Crippen LogP contribution >= 0.6 is 0 Å². The number of aryl methyl sites for hydroxylation is 2. The van der Waals surface area contributed by atoms with Gasteiger partial charge in [-0.3, -0.25) is 23.5 Å². The Balaban J connectivity index is 0.000000227. The van der Waals surface area contributed by atoms with Gasteiger partial charge in [0, 0.05) is 121 Å². The largest absolute Gasteiger partial charge is 0.481 e. The van der Waals surface area contributed by atoms with Crippen LogP contribution in [0.1, 0.15) is 179 Å². The Morgan fingerprint density at radius 1 is 0.495 bits per heavy atom. The van der Waals surface area contributed by atoms with Gasteiger partial charge in [-0.2, -0.15) is 26.0 Å². The zero-order valence-corrected chi connectivity index (χ0v) is 63.9. The summed E-state index contributed by atoms with van der Waals surface area (Å²) in [4.78, 5) is 56.8. The molecule has 7 aliphatic rings. The first-order valence-corrected chi connectivity index (χ1v) is 39.5. The van der Waals surface area contributed by atoms with Crippen molar-refractivity contribution >= 4 is 78.2 Å². The standard InChI is InChI=1S/C45H51N3O7S.C41H48N2O5S/c1-32-22-24-37-35(30-32)44(2,3)39(47(37)29-15-18-33-16-10-7-6-8-11-17-33)19-14-20-40-45(4,5)36-31-34(56(52,53)54)23-25-38(36)46(40)28-13-9-12-21-43(51)55-48-41(49)26-27-42(48)50;1-30-22-24-35-33(28-30)40(2,3)37(43(35)27-15-18-31-16-10-7-6-8-11-17-31)19-14-20-38-41(4,5)34-29-32(49(46,47)48)23-25-36(34)42(38)26-13-9-12-21-39(44)45/h6-8,10-11,14,16-17,19-20,22-25,30-31H,9,12-13,15,18,21,26-29H2,1-5H3;6-8,10-11,14,16-17,19-20,22-25,28-29H,9,12-13,15,18,21,26-27H2,1-5H3,(H-,44,45,46,47,48)/p+2/b7-6-,8-6?,10-7?,11-8-,16-10?,17-11?,33-16?,33-17?;7-6-,8-6?,10-7?,11-8-,16-10?,17-11?,31-16?,31-17?. The van der Waals surface area contributed by atoms with E-state index in [1.807, 2.05) is 24.3 Å². The predicted octanol–water partition coefficient (Wildman–Crippen LogP) is 17.3. The summed E-state index contributed by atoms with van der Waals surface area (Å²) in [7, 11) is -8.78. The molecule has 0 saturated carbocycles. The summed E-state index contributed by atoms with van der Waals surface area (Å²) in [5, 5.41) is 9.66. The second-order valence-corrected chi connectivity index (χ2v) is 32.9. The van der Waals surface area contributed by atoms with E-state index in [1.54, 1.807) is 24.3 Å². The normalized spacial score (nSPS) is 20.2. The third kappa shape index (κ3) is 18.1. The summed E-state index contributed by atoms with van der Waals surface area (Å²) in [6, 6.07) is 22.9. The van der Waals surface area contributed by atoms with Gasteiger partial charge in [0.1, 0.15) is 13.1 Å². The number of carboxylic acid groups (broad SMARTS) is 1. The lowest BCUT2D eigenvalue weighted by Crippen LogP contribution is -2.31. The number of anilines is 2. The number of imide groups is 1. The van der Waals surface area contributed by atoms with E-state index in [0.29, 0.717) is 43.8 Å². The first-order valence-electron chi connectivity index (χ1n) is 36.6. The number of carbonyl (C=O) groups excluding carboxylic acids is 3. The molecule has 0 atom stereocenters. The van der Waals surface area contributed by atoms with Gasteiger partial charge in [0.05, 0.1) is 20.6 Å². The van der Waals surface area contributed by atoms with Gasteiger partial charge in [-0.05, 0) is 164 Å². The summed E-state index contributed by atoms with van der Waals surface area (Å²) >= 11 is 0. The van der Waals surface area contributed by atoms with E-state index < -0.39 is 54.8 Å². The highest BCUT2D eigenvalue weighted by atomic mass is 32.2. The van der Waals surface area contributed by atoms with Crippen LogP contribution in [0.25, 0.3) is 0 Å². The molecule has 0 spiro atoms. The lowest BCUT2D eigenvalue weighted by atomic mass is 9.81. The highest BCUT2D eigenvalue weighted by molar-refractivity contribution is 7.86. The van der Waals surface area contributed by atoms with E-state index in [-0.39, 0.29) is 46.3 Å². The van der Waals surface area contributed by atoms with Crippen molar-refractivity contribution in [2.75, 3.05) is 36.0 Å². The van der Waals surface area contributed by atoms with E-state index in [2.05, 4.69) is 222 Å². The first kappa shape index (κ1) is 78.2. The van der Waals surface area contributed by atoms with E-state index in [9.17, 15) is 45.1 Å². The Morgan fingerprint density at radius 2 is 0.905 bits per heavy atom. The molecule has 4 aromatic rings. The number of hydrogen-bond acceptors (Lipinski definition) is 11. The molecule has 2 aliphatic carbocycles. The fourth-order valence-corrected chi connectivity index (χ4v) is 16.3. The average molecular weight is 1460 g/mol. The molecule has 0 unspecified atom stereocenters. The van der Waals surface area contributed by atoms with Crippen molar-refractivity contribution in [1.82, 2.24) is 5.06 Å². The molecule has 19 heteroatoms. The van der Waals surface area contributed by atoms with Crippen molar-refractivity contribution in [2.24, 2.45) is 0 Å². The molecule has 1 saturated heterocycles. The van der Waals surface area contributed by atoms with E-state index in [1.165, 1.54) is 68.3 Å². The molecule has 0 radical (unpaired) electrons. The van der Waals surface area contributed by atoms with Crippen molar-refractivity contribution in [2.45, 2.75) is 191 Å². The van der Waals surface area contributed by atoms with Crippen LogP contribution in [0.5, 0.6) is 0 Å². The molecule has 0 bridgehead atoms. The van der Waals surface area contributed by atoms with Gasteiger partial charge in [0.15, 0.2) is 11.4 Å². The molecule has 11 rings (SSSR count). The van der Waals surface area contributed by atoms with Crippen LogP contribution in [0.2, 0.25) is 0 Å². The van der Waals surface area contributed by atoms with Crippen LogP contribution in [0.4, 0.5) is 22.7 Å². The zero-order valence-electron chi connectivity index (χ0n) is 62.3.